The van der Waals surface area contributed by atoms with Gasteiger partial charge in [0.15, 0.2) is 0 Å². The number of aryl methyl sites for hydroxylation is 1. The largest absolute Gasteiger partial charge is 0.316 e. The Balaban J connectivity index is 2.20. The zero-order chi connectivity index (χ0) is 15.5. The summed E-state index contributed by atoms with van der Waals surface area (Å²) < 4.78 is 28.1. The number of nitrogens with one attached hydrogen (secondary N) is 2. The third kappa shape index (κ3) is 4.05. The molecule has 1 aromatic rings. The van der Waals surface area contributed by atoms with Gasteiger partial charge in [-0.3, -0.25) is 0 Å². The smallest absolute Gasteiger partial charge is 0.240 e. The Morgan fingerprint density at radius 3 is 2.62 bits per heavy atom. The summed E-state index contributed by atoms with van der Waals surface area (Å²) in [6.45, 7) is 4.81. The average molecular weight is 310 g/mol. The van der Waals surface area contributed by atoms with E-state index in [4.69, 9.17) is 0 Å². The zero-order valence-corrected chi connectivity index (χ0v) is 14.0. The molecule has 0 heterocycles. The van der Waals surface area contributed by atoms with E-state index in [1.165, 1.54) is 6.42 Å². The molecule has 2 N–H and O–H groups in total. The second-order valence-electron chi connectivity index (χ2n) is 6.11. The molecular formula is C16H26N2O2S. The number of benzene rings is 1. The van der Waals surface area contributed by atoms with Crippen molar-refractivity contribution in [2.24, 2.45) is 5.92 Å². The van der Waals surface area contributed by atoms with Gasteiger partial charge in [0.2, 0.25) is 10.0 Å². The molecule has 1 aliphatic carbocycles. The van der Waals surface area contributed by atoms with Crippen molar-refractivity contribution in [3.8, 4) is 0 Å². The standard InChI is InChI=1S/C16H26N2O2S/c1-12-8-9-15(10-14(12)11-17-3)21(19,20)18-16-7-5-4-6-13(16)2/h8-10,13,16-18H,4-7,11H2,1-3H3. The monoisotopic (exact) mass is 310 g/mol. The van der Waals surface area contributed by atoms with Crippen molar-refractivity contribution >= 4 is 10.0 Å². The fourth-order valence-electron chi connectivity index (χ4n) is 2.95. The molecule has 0 amide bonds. The van der Waals surface area contributed by atoms with Crippen molar-refractivity contribution in [3.05, 3.63) is 29.3 Å². The molecule has 4 nitrogen and oxygen atoms in total. The fraction of sp³-hybridized carbons (Fsp3) is 0.625. The number of rotatable bonds is 5. The molecule has 1 aliphatic rings. The van der Waals surface area contributed by atoms with E-state index >= 15 is 0 Å². The Bertz CT molecular complexity index is 584. The Kier molecular flexibility index (Phi) is 5.41. The Morgan fingerprint density at radius 1 is 1.24 bits per heavy atom. The molecule has 2 rings (SSSR count). The number of sulfonamides is 1. The van der Waals surface area contributed by atoms with Crippen molar-refractivity contribution in [1.29, 1.82) is 0 Å². The van der Waals surface area contributed by atoms with Crippen LogP contribution >= 0.6 is 0 Å². The lowest BCUT2D eigenvalue weighted by Crippen LogP contribution is -2.41. The predicted octanol–water partition coefficient (Wildman–Crippen LogP) is 2.57. The predicted molar refractivity (Wildman–Crippen MR) is 85.7 cm³/mol. The van der Waals surface area contributed by atoms with Crippen molar-refractivity contribution in [3.63, 3.8) is 0 Å². The van der Waals surface area contributed by atoms with Crippen molar-refractivity contribution in [2.45, 2.75) is 57.0 Å². The minimum atomic E-state index is -3.43. The first-order valence-electron chi connectivity index (χ1n) is 7.70. The van der Waals surface area contributed by atoms with Gasteiger partial charge in [-0.1, -0.05) is 25.8 Å². The maximum Gasteiger partial charge on any atom is 0.240 e. The maximum atomic E-state index is 12.6. The molecule has 1 aromatic carbocycles. The molecule has 2 atom stereocenters. The van der Waals surface area contributed by atoms with E-state index in [9.17, 15) is 8.42 Å². The maximum absolute atomic E-state index is 12.6. The first-order chi connectivity index (χ1) is 9.94. The van der Waals surface area contributed by atoms with Crippen LogP contribution < -0.4 is 10.0 Å². The van der Waals surface area contributed by atoms with E-state index in [1.807, 2.05) is 20.0 Å². The van der Waals surface area contributed by atoms with Gasteiger partial charge in [0.1, 0.15) is 0 Å². The van der Waals surface area contributed by atoms with Crippen molar-refractivity contribution in [1.82, 2.24) is 10.0 Å². The normalized spacial score (nSPS) is 23.2. The van der Waals surface area contributed by atoms with Crippen LogP contribution in [0.25, 0.3) is 0 Å². The molecule has 118 valence electrons. The lowest BCUT2D eigenvalue weighted by atomic mass is 9.87. The van der Waals surface area contributed by atoms with Crippen LogP contribution in [0.3, 0.4) is 0 Å². The summed E-state index contributed by atoms with van der Waals surface area (Å²) in [6.07, 6.45) is 4.36. The molecule has 0 radical (unpaired) electrons. The summed E-state index contributed by atoms with van der Waals surface area (Å²) in [6, 6.07) is 5.43. The SMILES string of the molecule is CNCc1cc(S(=O)(=O)NC2CCCCC2C)ccc1C. The Morgan fingerprint density at radius 2 is 1.95 bits per heavy atom. The molecule has 1 saturated carbocycles. The van der Waals surface area contributed by atoms with E-state index in [0.29, 0.717) is 17.4 Å². The molecule has 0 spiro atoms. The first kappa shape index (κ1) is 16.5. The van der Waals surface area contributed by atoms with Gasteiger partial charge in [-0.05, 0) is 56.0 Å². The van der Waals surface area contributed by atoms with Gasteiger partial charge >= 0.3 is 0 Å². The summed E-state index contributed by atoms with van der Waals surface area (Å²) >= 11 is 0. The minimum Gasteiger partial charge on any atom is -0.316 e. The van der Waals surface area contributed by atoms with E-state index < -0.39 is 10.0 Å². The number of hydrogen-bond donors (Lipinski definition) is 2. The summed E-state index contributed by atoms with van der Waals surface area (Å²) in [7, 11) is -1.56. The Labute approximate surface area is 128 Å². The second-order valence-corrected chi connectivity index (χ2v) is 7.82. The van der Waals surface area contributed by atoms with Gasteiger partial charge in [0, 0.05) is 12.6 Å². The highest BCUT2D eigenvalue weighted by Crippen LogP contribution is 2.25. The average Bonchev–Trinajstić information content (AvgIpc) is 2.44. The highest BCUT2D eigenvalue weighted by molar-refractivity contribution is 7.89. The van der Waals surface area contributed by atoms with Gasteiger partial charge in [0.05, 0.1) is 4.90 Å². The molecule has 0 aliphatic heterocycles. The second kappa shape index (κ2) is 6.90. The third-order valence-corrected chi connectivity index (χ3v) is 5.90. The summed E-state index contributed by atoms with van der Waals surface area (Å²) in [5.74, 6) is 0.413. The molecule has 21 heavy (non-hydrogen) atoms. The molecular weight excluding hydrogens is 284 g/mol. The molecule has 0 bridgehead atoms. The first-order valence-corrected chi connectivity index (χ1v) is 9.19. The molecule has 5 heteroatoms. The van der Waals surface area contributed by atoms with Gasteiger partial charge in [0.25, 0.3) is 0 Å². The van der Waals surface area contributed by atoms with E-state index in [1.54, 1.807) is 12.1 Å². The minimum absolute atomic E-state index is 0.0674. The van der Waals surface area contributed by atoms with Gasteiger partial charge in [-0.2, -0.15) is 0 Å². The van der Waals surface area contributed by atoms with E-state index in [-0.39, 0.29) is 6.04 Å². The van der Waals surface area contributed by atoms with Crippen LogP contribution in [0.15, 0.2) is 23.1 Å². The highest BCUT2D eigenvalue weighted by atomic mass is 32.2. The molecule has 0 aromatic heterocycles. The molecule has 1 fully saturated rings. The van der Waals surface area contributed by atoms with Crippen LogP contribution in [0.1, 0.15) is 43.7 Å². The van der Waals surface area contributed by atoms with Crippen LogP contribution in [0.4, 0.5) is 0 Å². The van der Waals surface area contributed by atoms with Gasteiger partial charge in [-0.25, -0.2) is 13.1 Å². The van der Waals surface area contributed by atoms with Crippen LogP contribution in [0, 0.1) is 12.8 Å². The van der Waals surface area contributed by atoms with E-state index in [2.05, 4.69) is 17.0 Å². The fourth-order valence-corrected chi connectivity index (χ4v) is 4.38. The van der Waals surface area contributed by atoms with Gasteiger partial charge in [-0.15, -0.1) is 0 Å². The summed E-state index contributed by atoms with van der Waals surface area (Å²) in [5.41, 5.74) is 2.13. The van der Waals surface area contributed by atoms with Crippen LogP contribution in [-0.2, 0) is 16.6 Å². The van der Waals surface area contributed by atoms with Crippen LogP contribution in [-0.4, -0.2) is 21.5 Å². The Hall–Kier alpha value is -0.910. The molecule has 0 saturated heterocycles. The third-order valence-electron chi connectivity index (χ3n) is 4.42. The lowest BCUT2D eigenvalue weighted by Gasteiger charge is -2.29. The summed E-state index contributed by atoms with van der Waals surface area (Å²) in [4.78, 5) is 0.371. The van der Waals surface area contributed by atoms with Crippen LogP contribution in [0.5, 0.6) is 0 Å². The van der Waals surface area contributed by atoms with Gasteiger partial charge < -0.3 is 5.32 Å². The zero-order valence-electron chi connectivity index (χ0n) is 13.1. The van der Waals surface area contributed by atoms with Crippen molar-refractivity contribution in [2.75, 3.05) is 7.05 Å². The van der Waals surface area contributed by atoms with E-state index in [0.717, 1.165) is 30.4 Å². The number of hydrogen-bond acceptors (Lipinski definition) is 3. The summed E-state index contributed by atoms with van der Waals surface area (Å²) in [5, 5.41) is 3.08. The quantitative estimate of drug-likeness (QED) is 0.879. The van der Waals surface area contributed by atoms with Crippen molar-refractivity contribution < 1.29 is 8.42 Å². The topological polar surface area (TPSA) is 58.2 Å². The van der Waals surface area contributed by atoms with Crippen LogP contribution in [0.2, 0.25) is 0 Å². The highest BCUT2D eigenvalue weighted by Gasteiger charge is 2.26. The molecule has 2 unspecified atom stereocenters. The lowest BCUT2D eigenvalue weighted by molar-refractivity contribution is 0.310.